The zero-order valence-electron chi connectivity index (χ0n) is 8.95. The van der Waals surface area contributed by atoms with Gasteiger partial charge in [-0.1, -0.05) is 0 Å². The minimum atomic E-state index is -1.06. The molecule has 2 unspecified atom stereocenters. The van der Waals surface area contributed by atoms with E-state index in [4.69, 9.17) is 16.2 Å². The van der Waals surface area contributed by atoms with E-state index in [1.165, 1.54) is 0 Å². The average molecular weight is 215 g/mol. The van der Waals surface area contributed by atoms with Gasteiger partial charge in [0.1, 0.15) is 5.54 Å². The molecule has 1 aliphatic rings. The van der Waals surface area contributed by atoms with Crippen molar-refractivity contribution in [1.82, 2.24) is 5.32 Å². The summed E-state index contributed by atoms with van der Waals surface area (Å²) in [6.45, 7) is 3.76. The fourth-order valence-corrected chi connectivity index (χ4v) is 1.30. The highest BCUT2D eigenvalue weighted by Gasteiger charge is 2.35. The summed E-state index contributed by atoms with van der Waals surface area (Å²) in [5, 5.41) is 2.55. The molecule has 86 valence electrons. The number of hydrogen-bond donors (Lipinski definition) is 3. The van der Waals surface area contributed by atoms with Crippen molar-refractivity contribution in [1.29, 1.82) is 0 Å². The molecule has 1 rings (SSSR count). The summed E-state index contributed by atoms with van der Waals surface area (Å²) in [7, 11) is 0. The second kappa shape index (κ2) is 4.16. The molecule has 0 bridgehead atoms. The lowest BCUT2D eigenvalue weighted by atomic mass is 9.99. The van der Waals surface area contributed by atoms with Gasteiger partial charge in [0.25, 0.3) is 0 Å². The van der Waals surface area contributed by atoms with Crippen molar-refractivity contribution in [3.05, 3.63) is 0 Å². The maximum atomic E-state index is 11.7. The van der Waals surface area contributed by atoms with Crippen LogP contribution in [-0.4, -0.2) is 36.6 Å². The molecule has 0 radical (unpaired) electrons. The molecule has 1 aliphatic heterocycles. The minimum absolute atomic E-state index is 0.288. The van der Waals surface area contributed by atoms with Gasteiger partial charge in [-0.05, 0) is 13.8 Å². The molecule has 2 amide bonds. The zero-order chi connectivity index (χ0) is 11.6. The third-order valence-electron chi connectivity index (χ3n) is 2.51. The lowest BCUT2D eigenvalue weighted by Gasteiger charge is -2.24. The monoisotopic (exact) mass is 215 g/mol. The van der Waals surface area contributed by atoms with Crippen LogP contribution < -0.4 is 16.8 Å². The number of ether oxygens (including phenoxy) is 1. The Bertz CT molecular complexity index is 278. The lowest BCUT2D eigenvalue weighted by molar-refractivity contribution is -0.132. The molecule has 0 aromatic rings. The number of primary amides is 1. The van der Waals surface area contributed by atoms with Crippen molar-refractivity contribution in [2.75, 3.05) is 13.2 Å². The standard InChI is InChI=1S/C9H17N3O3/c1-9(2,8(11)14)12-7(13)5-3-15-4-6(5)10/h5-6H,3-4,10H2,1-2H3,(H2,11,14)(H,12,13). The van der Waals surface area contributed by atoms with E-state index in [1.54, 1.807) is 13.8 Å². The molecule has 1 heterocycles. The van der Waals surface area contributed by atoms with Gasteiger partial charge in [-0.15, -0.1) is 0 Å². The van der Waals surface area contributed by atoms with E-state index in [2.05, 4.69) is 5.32 Å². The molecular weight excluding hydrogens is 198 g/mol. The third kappa shape index (κ3) is 2.66. The van der Waals surface area contributed by atoms with Gasteiger partial charge < -0.3 is 21.5 Å². The average Bonchev–Trinajstić information content (AvgIpc) is 2.50. The van der Waals surface area contributed by atoms with Crippen LogP contribution in [0.1, 0.15) is 13.8 Å². The molecule has 6 nitrogen and oxygen atoms in total. The smallest absolute Gasteiger partial charge is 0.242 e. The summed E-state index contributed by atoms with van der Waals surface area (Å²) in [6.07, 6.45) is 0. The van der Waals surface area contributed by atoms with Crippen molar-refractivity contribution in [3.8, 4) is 0 Å². The predicted octanol–water partition coefficient (Wildman–Crippen LogP) is -1.66. The van der Waals surface area contributed by atoms with Crippen LogP contribution in [0.2, 0.25) is 0 Å². The number of nitrogens with one attached hydrogen (secondary N) is 1. The number of carbonyl (C=O) groups excluding carboxylic acids is 2. The summed E-state index contributed by atoms with van der Waals surface area (Å²) in [5.41, 5.74) is 9.75. The van der Waals surface area contributed by atoms with Crippen molar-refractivity contribution < 1.29 is 14.3 Å². The topological polar surface area (TPSA) is 107 Å². The van der Waals surface area contributed by atoms with Crippen LogP contribution >= 0.6 is 0 Å². The van der Waals surface area contributed by atoms with Crippen LogP contribution in [0.4, 0.5) is 0 Å². The highest BCUT2D eigenvalue weighted by molar-refractivity contribution is 5.90. The lowest BCUT2D eigenvalue weighted by Crippen LogP contribution is -2.56. The summed E-state index contributed by atoms with van der Waals surface area (Å²) in [6, 6.07) is -0.311. The first-order valence-corrected chi connectivity index (χ1v) is 4.80. The molecule has 6 heteroatoms. The van der Waals surface area contributed by atoms with E-state index in [1.807, 2.05) is 0 Å². The van der Waals surface area contributed by atoms with Crippen LogP contribution in [0.3, 0.4) is 0 Å². The molecule has 0 aromatic heterocycles. The van der Waals surface area contributed by atoms with Gasteiger partial charge in [-0.2, -0.15) is 0 Å². The van der Waals surface area contributed by atoms with E-state index in [0.29, 0.717) is 13.2 Å². The van der Waals surface area contributed by atoms with E-state index >= 15 is 0 Å². The molecule has 15 heavy (non-hydrogen) atoms. The van der Waals surface area contributed by atoms with Gasteiger partial charge in [0.2, 0.25) is 11.8 Å². The summed E-state index contributed by atoms with van der Waals surface area (Å²) < 4.78 is 5.06. The third-order valence-corrected chi connectivity index (χ3v) is 2.51. The van der Waals surface area contributed by atoms with Crippen LogP contribution in [0, 0.1) is 5.92 Å². The number of nitrogens with two attached hydrogens (primary N) is 2. The molecule has 1 saturated heterocycles. The summed E-state index contributed by atoms with van der Waals surface area (Å²) in [4.78, 5) is 22.7. The predicted molar refractivity (Wildman–Crippen MR) is 53.7 cm³/mol. The SMILES string of the molecule is CC(C)(NC(=O)C1COCC1N)C(N)=O. The van der Waals surface area contributed by atoms with Gasteiger partial charge in [0.15, 0.2) is 0 Å². The fraction of sp³-hybridized carbons (Fsp3) is 0.778. The Morgan fingerprint density at radius 1 is 1.40 bits per heavy atom. The molecule has 2 atom stereocenters. The fourth-order valence-electron chi connectivity index (χ4n) is 1.30. The number of hydrogen-bond acceptors (Lipinski definition) is 4. The first-order chi connectivity index (χ1) is 6.84. The van der Waals surface area contributed by atoms with Gasteiger partial charge in [-0.3, -0.25) is 9.59 Å². The van der Waals surface area contributed by atoms with Crippen LogP contribution in [0.15, 0.2) is 0 Å². The van der Waals surface area contributed by atoms with Crippen molar-refractivity contribution in [2.24, 2.45) is 17.4 Å². The molecular formula is C9H17N3O3. The van der Waals surface area contributed by atoms with Gasteiger partial charge in [0.05, 0.1) is 19.1 Å². The zero-order valence-corrected chi connectivity index (χ0v) is 8.95. The van der Waals surface area contributed by atoms with Crippen LogP contribution in [0.5, 0.6) is 0 Å². The van der Waals surface area contributed by atoms with Gasteiger partial charge >= 0.3 is 0 Å². The second-order valence-corrected chi connectivity index (χ2v) is 4.29. The Morgan fingerprint density at radius 2 is 2.00 bits per heavy atom. The van der Waals surface area contributed by atoms with Crippen molar-refractivity contribution in [3.63, 3.8) is 0 Å². The molecule has 1 fully saturated rings. The summed E-state index contributed by atoms with van der Waals surface area (Å²) in [5.74, 6) is -1.27. The van der Waals surface area contributed by atoms with Crippen LogP contribution in [0.25, 0.3) is 0 Å². The normalized spacial score (nSPS) is 26.3. The van der Waals surface area contributed by atoms with Crippen molar-refractivity contribution in [2.45, 2.75) is 25.4 Å². The Kier molecular flexibility index (Phi) is 3.31. The first-order valence-electron chi connectivity index (χ1n) is 4.80. The van der Waals surface area contributed by atoms with E-state index in [9.17, 15) is 9.59 Å². The first kappa shape index (κ1) is 11.9. The molecule has 5 N–H and O–H groups in total. The highest BCUT2D eigenvalue weighted by Crippen LogP contribution is 2.13. The summed E-state index contributed by atoms with van der Waals surface area (Å²) >= 11 is 0. The molecule has 0 saturated carbocycles. The number of carbonyl (C=O) groups is 2. The highest BCUT2D eigenvalue weighted by atomic mass is 16.5. The maximum absolute atomic E-state index is 11.7. The minimum Gasteiger partial charge on any atom is -0.379 e. The van der Waals surface area contributed by atoms with Crippen LogP contribution in [-0.2, 0) is 14.3 Å². The van der Waals surface area contributed by atoms with Gasteiger partial charge in [-0.25, -0.2) is 0 Å². The largest absolute Gasteiger partial charge is 0.379 e. The van der Waals surface area contributed by atoms with E-state index in [0.717, 1.165) is 0 Å². The molecule has 0 aliphatic carbocycles. The molecule has 0 aromatic carbocycles. The number of amides is 2. The Balaban J connectivity index is 2.59. The Morgan fingerprint density at radius 3 is 2.40 bits per heavy atom. The molecule has 0 spiro atoms. The Labute approximate surface area is 88.3 Å². The van der Waals surface area contributed by atoms with E-state index < -0.39 is 17.4 Å². The van der Waals surface area contributed by atoms with Gasteiger partial charge in [0, 0.05) is 6.04 Å². The maximum Gasteiger partial charge on any atom is 0.242 e. The second-order valence-electron chi connectivity index (χ2n) is 4.29. The quantitative estimate of drug-likeness (QED) is 0.523. The van der Waals surface area contributed by atoms with E-state index in [-0.39, 0.29) is 11.9 Å². The number of rotatable bonds is 3. The Hall–Kier alpha value is -1.14. The van der Waals surface area contributed by atoms with Crippen molar-refractivity contribution >= 4 is 11.8 Å².